The molecule has 0 rings (SSSR count). The summed E-state index contributed by atoms with van der Waals surface area (Å²) in [6.07, 6.45) is -4.43. The van der Waals surface area contributed by atoms with Crippen LogP contribution in [0.5, 0.6) is 0 Å². The molecule has 0 fully saturated rings. The number of thiol groups is 1. The van der Waals surface area contributed by atoms with Gasteiger partial charge in [-0.25, -0.2) is 0 Å². The molecule has 0 saturated heterocycles. The molecule has 0 N–H and O–H groups in total. The zero-order valence-corrected chi connectivity index (χ0v) is 17.7. The highest BCUT2D eigenvalue weighted by Gasteiger charge is 2.90. The highest BCUT2D eigenvalue weighted by molar-refractivity contribution is 7.80. The van der Waals surface area contributed by atoms with Gasteiger partial charge in [0.2, 0.25) is 0 Å². The first kappa shape index (κ1) is 31.4. The summed E-state index contributed by atoms with van der Waals surface area (Å²) in [5.41, 5.74) is 0. The molecule has 0 aliphatic carbocycles. The molecule has 0 unspecified atom stereocenters. The van der Waals surface area contributed by atoms with Gasteiger partial charge in [-0.05, 0) is 18.6 Å². The summed E-state index contributed by atoms with van der Waals surface area (Å²) in [5.74, 6) is -35.5. The van der Waals surface area contributed by atoms with Crippen molar-refractivity contribution in [3.63, 3.8) is 0 Å². The van der Waals surface area contributed by atoms with Crippen molar-refractivity contribution >= 4 is 12.6 Å². The third kappa shape index (κ3) is 6.97. The Morgan fingerprint density at radius 2 is 0.688 bits per heavy atom. The molecular formula is C18H25F13S. The summed E-state index contributed by atoms with van der Waals surface area (Å²) in [6, 6.07) is 0. The first-order valence-electron chi connectivity index (χ1n) is 9.88. The summed E-state index contributed by atoms with van der Waals surface area (Å²) in [7, 11) is 0. The smallest absolute Gasteiger partial charge is 0.200 e. The van der Waals surface area contributed by atoms with Crippen molar-refractivity contribution in [1.82, 2.24) is 0 Å². The van der Waals surface area contributed by atoms with Crippen molar-refractivity contribution in [2.75, 3.05) is 5.75 Å². The highest BCUT2D eigenvalue weighted by Crippen LogP contribution is 2.60. The van der Waals surface area contributed by atoms with Gasteiger partial charge >= 0.3 is 35.8 Å². The van der Waals surface area contributed by atoms with Crippen LogP contribution >= 0.6 is 12.6 Å². The molecule has 0 aromatic heterocycles. The van der Waals surface area contributed by atoms with Gasteiger partial charge in [0, 0.05) is 6.42 Å². The molecule has 0 bridgehead atoms. The van der Waals surface area contributed by atoms with Crippen molar-refractivity contribution in [1.29, 1.82) is 0 Å². The van der Waals surface area contributed by atoms with E-state index in [1.807, 2.05) is 0 Å². The van der Waals surface area contributed by atoms with E-state index < -0.39 is 48.6 Å². The molecule has 0 spiro atoms. The Kier molecular flexibility index (Phi) is 11.5. The van der Waals surface area contributed by atoms with Gasteiger partial charge in [-0.3, -0.25) is 0 Å². The van der Waals surface area contributed by atoms with Crippen LogP contribution < -0.4 is 0 Å². The zero-order valence-electron chi connectivity index (χ0n) is 16.8. The summed E-state index contributed by atoms with van der Waals surface area (Å²) in [5, 5.41) is 0. The maximum Gasteiger partial charge on any atom is 0.460 e. The maximum absolute atomic E-state index is 13.6. The van der Waals surface area contributed by atoms with Crippen LogP contribution in [0, 0.1) is 0 Å². The molecule has 0 aliphatic heterocycles. The molecule has 0 saturated carbocycles. The molecule has 0 radical (unpaired) electrons. The van der Waals surface area contributed by atoms with E-state index in [1.54, 1.807) is 0 Å². The zero-order chi connectivity index (χ0) is 25.5. The van der Waals surface area contributed by atoms with Crippen molar-refractivity contribution < 1.29 is 57.1 Å². The van der Waals surface area contributed by atoms with Crippen LogP contribution in [0.4, 0.5) is 57.1 Å². The van der Waals surface area contributed by atoms with Crippen molar-refractivity contribution in [2.24, 2.45) is 0 Å². The lowest BCUT2D eigenvalue weighted by Gasteiger charge is -2.39. The third-order valence-corrected chi connectivity index (χ3v) is 5.21. The predicted molar refractivity (Wildman–Crippen MR) is 95.4 cm³/mol. The molecule has 0 aromatic carbocycles. The van der Waals surface area contributed by atoms with Crippen LogP contribution in [0.1, 0.15) is 70.6 Å². The monoisotopic (exact) mass is 520 g/mol. The normalized spacial score (nSPS) is 14.8. The van der Waals surface area contributed by atoms with Gasteiger partial charge in [-0.15, -0.1) is 0 Å². The van der Waals surface area contributed by atoms with Crippen molar-refractivity contribution in [2.45, 2.75) is 106 Å². The second kappa shape index (κ2) is 11.7. The van der Waals surface area contributed by atoms with Gasteiger partial charge < -0.3 is 0 Å². The Morgan fingerprint density at radius 1 is 0.375 bits per heavy atom. The fourth-order valence-electron chi connectivity index (χ4n) is 2.83. The third-order valence-electron chi connectivity index (χ3n) is 4.90. The molecule has 0 aromatic rings. The Morgan fingerprint density at radius 3 is 1.03 bits per heavy atom. The Bertz CT molecular complexity index is 543. The van der Waals surface area contributed by atoms with Gasteiger partial charge in [-0.2, -0.15) is 69.7 Å². The quantitative estimate of drug-likeness (QED) is 0.117. The molecule has 0 heterocycles. The Balaban J connectivity index is 4.84. The minimum absolute atomic E-state index is 0.175. The number of halogens is 13. The number of hydrogen-bond acceptors (Lipinski definition) is 1. The number of unbranched alkanes of at least 4 members (excludes halogenated alkanes) is 9. The molecule has 0 amide bonds. The first-order chi connectivity index (χ1) is 14.3. The number of alkyl halides is 13. The number of rotatable bonds is 16. The van der Waals surface area contributed by atoms with Crippen LogP contribution in [0.15, 0.2) is 0 Å². The fraction of sp³-hybridized carbons (Fsp3) is 1.00. The van der Waals surface area contributed by atoms with Gasteiger partial charge in [0.05, 0.1) is 0 Å². The van der Waals surface area contributed by atoms with Crippen molar-refractivity contribution in [3.05, 3.63) is 0 Å². The van der Waals surface area contributed by atoms with E-state index in [0.29, 0.717) is 12.8 Å². The van der Waals surface area contributed by atoms with Gasteiger partial charge in [0.15, 0.2) is 0 Å². The van der Waals surface area contributed by atoms with Crippen LogP contribution in [-0.2, 0) is 0 Å². The second-order valence-electron chi connectivity index (χ2n) is 7.51. The van der Waals surface area contributed by atoms with Crippen LogP contribution in [0.3, 0.4) is 0 Å². The summed E-state index contributed by atoms with van der Waals surface area (Å²) < 4.78 is 169. The lowest BCUT2D eigenvalue weighted by molar-refractivity contribution is -0.440. The van der Waals surface area contributed by atoms with E-state index in [1.165, 1.54) is 0 Å². The first-order valence-corrected chi connectivity index (χ1v) is 10.5. The topological polar surface area (TPSA) is 0 Å². The van der Waals surface area contributed by atoms with E-state index in [2.05, 4.69) is 12.6 Å². The lowest BCUT2D eigenvalue weighted by atomic mass is 9.91. The number of hydrogen-bond donors (Lipinski definition) is 1. The van der Waals surface area contributed by atoms with Gasteiger partial charge in [0.25, 0.3) is 0 Å². The van der Waals surface area contributed by atoms with E-state index >= 15 is 0 Å². The lowest BCUT2D eigenvalue weighted by Crippen LogP contribution is -2.70. The SMILES string of the molecule is FC(F)(F)C(F)(F)C(F)(F)C(F)(F)C(F)(F)C(F)(F)CCCCCCCCCCCCS. The Hall–Kier alpha value is -0.560. The molecule has 0 nitrogen and oxygen atoms in total. The van der Waals surface area contributed by atoms with Crippen LogP contribution in [-0.4, -0.2) is 41.5 Å². The van der Waals surface area contributed by atoms with E-state index in [0.717, 1.165) is 37.9 Å². The molecule has 0 atom stereocenters. The van der Waals surface area contributed by atoms with E-state index in [9.17, 15) is 57.1 Å². The molecule has 194 valence electrons. The summed E-state index contributed by atoms with van der Waals surface area (Å²) >= 11 is 4.05. The summed E-state index contributed by atoms with van der Waals surface area (Å²) in [6.45, 7) is 0. The minimum Gasteiger partial charge on any atom is -0.200 e. The Labute approximate surface area is 182 Å². The average Bonchev–Trinajstić information content (AvgIpc) is 2.64. The largest absolute Gasteiger partial charge is 0.460 e. The summed E-state index contributed by atoms with van der Waals surface area (Å²) in [4.78, 5) is 0. The van der Waals surface area contributed by atoms with Gasteiger partial charge in [-0.1, -0.05) is 51.4 Å². The molecule has 32 heavy (non-hydrogen) atoms. The van der Waals surface area contributed by atoms with Crippen molar-refractivity contribution in [3.8, 4) is 0 Å². The van der Waals surface area contributed by atoms with Crippen LogP contribution in [0.25, 0.3) is 0 Å². The van der Waals surface area contributed by atoms with E-state index in [-0.39, 0.29) is 12.8 Å². The molecule has 14 heteroatoms. The van der Waals surface area contributed by atoms with Gasteiger partial charge in [0.1, 0.15) is 0 Å². The fourth-order valence-corrected chi connectivity index (χ4v) is 3.06. The standard InChI is InChI=1S/C18H25F13S/c19-13(20,11-9-7-5-3-1-2-4-6-8-10-12-32)14(21,22)15(23,24)16(25,26)17(27,28)18(29,30)31/h32H,1-12H2. The van der Waals surface area contributed by atoms with E-state index in [4.69, 9.17) is 0 Å². The molecule has 0 aliphatic rings. The van der Waals surface area contributed by atoms with Crippen LogP contribution in [0.2, 0.25) is 0 Å². The predicted octanol–water partition coefficient (Wildman–Crippen LogP) is 8.95. The second-order valence-corrected chi connectivity index (χ2v) is 7.96. The minimum atomic E-state index is -7.82. The molecular weight excluding hydrogens is 495 g/mol. The highest BCUT2D eigenvalue weighted by atomic mass is 32.1. The maximum atomic E-state index is 13.6. The average molecular weight is 520 g/mol.